The second-order valence-electron chi connectivity index (χ2n) is 6.68. The zero-order valence-corrected chi connectivity index (χ0v) is 14.7. The van der Waals surface area contributed by atoms with Crippen molar-refractivity contribution < 1.29 is 4.42 Å². The largest absolute Gasteiger partial charge is 0.408 e. The Morgan fingerprint density at radius 2 is 1.81 bits per heavy atom. The van der Waals surface area contributed by atoms with E-state index < -0.39 is 0 Å². The van der Waals surface area contributed by atoms with E-state index in [2.05, 4.69) is 43.6 Å². The minimum atomic E-state index is 0.375. The molecule has 134 valence electrons. The van der Waals surface area contributed by atoms with Crippen molar-refractivity contribution >= 4 is 6.01 Å². The Morgan fingerprint density at radius 1 is 1.00 bits per heavy atom. The molecular weight excluding hydrogens is 326 g/mol. The maximum absolute atomic E-state index is 5.76. The van der Waals surface area contributed by atoms with Crippen LogP contribution in [0.3, 0.4) is 0 Å². The maximum Gasteiger partial charge on any atom is 0.315 e. The van der Waals surface area contributed by atoms with Gasteiger partial charge in [0, 0.05) is 31.9 Å². The topological polar surface area (TPSA) is 67.1 Å². The first-order valence-electron chi connectivity index (χ1n) is 9.10. The molecule has 4 rings (SSSR count). The Morgan fingerprint density at radius 3 is 2.58 bits per heavy atom. The second kappa shape index (κ2) is 8.10. The molecule has 0 atom stereocenters. The molecule has 1 N–H and O–H groups in total. The average Bonchev–Trinajstić information content (AvgIpc) is 3.12. The van der Waals surface area contributed by atoms with Crippen molar-refractivity contribution in [3.8, 4) is 0 Å². The van der Waals surface area contributed by atoms with Crippen molar-refractivity contribution in [2.75, 3.05) is 18.4 Å². The van der Waals surface area contributed by atoms with E-state index in [0.717, 1.165) is 38.2 Å². The zero-order valence-electron chi connectivity index (χ0n) is 14.7. The summed E-state index contributed by atoms with van der Waals surface area (Å²) in [6.45, 7) is 2.99. The lowest BCUT2D eigenvalue weighted by Crippen LogP contribution is -2.38. The average molecular weight is 349 g/mol. The molecule has 1 aliphatic heterocycles. The summed E-state index contributed by atoms with van der Waals surface area (Å²) >= 11 is 0. The molecule has 0 radical (unpaired) electrons. The van der Waals surface area contributed by atoms with Gasteiger partial charge < -0.3 is 9.73 Å². The van der Waals surface area contributed by atoms with Gasteiger partial charge in [-0.3, -0.25) is 9.88 Å². The van der Waals surface area contributed by atoms with E-state index in [9.17, 15) is 0 Å². The number of likely N-dealkylation sites (tertiary alicyclic amines) is 1. The third-order valence-corrected chi connectivity index (χ3v) is 4.69. The van der Waals surface area contributed by atoms with Gasteiger partial charge in [-0.25, -0.2) is 0 Å². The summed E-state index contributed by atoms with van der Waals surface area (Å²) in [4.78, 5) is 6.85. The Balaban J connectivity index is 1.26. The summed E-state index contributed by atoms with van der Waals surface area (Å²) in [6, 6.07) is 17.1. The van der Waals surface area contributed by atoms with Gasteiger partial charge in [0.25, 0.3) is 0 Å². The first-order valence-corrected chi connectivity index (χ1v) is 9.10. The normalized spacial score (nSPS) is 15.8. The summed E-state index contributed by atoms with van der Waals surface area (Å²) in [7, 11) is 0. The number of rotatable bonds is 6. The molecular formula is C20H23N5O. The van der Waals surface area contributed by atoms with E-state index >= 15 is 0 Å². The SMILES string of the molecule is c1ccc(Cc2nnc(NC3CCN(Cc4ccccn4)CC3)o2)cc1. The molecule has 3 heterocycles. The number of anilines is 1. The summed E-state index contributed by atoms with van der Waals surface area (Å²) in [5, 5.41) is 11.7. The number of benzene rings is 1. The lowest BCUT2D eigenvalue weighted by Gasteiger charge is -2.31. The van der Waals surface area contributed by atoms with Crippen LogP contribution in [0, 0.1) is 0 Å². The first kappa shape index (κ1) is 16.7. The van der Waals surface area contributed by atoms with Gasteiger partial charge in [-0.1, -0.05) is 41.5 Å². The van der Waals surface area contributed by atoms with E-state index in [0.29, 0.717) is 24.4 Å². The van der Waals surface area contributed by atoms with Crippen LogP contribution < -0.4 is 5.32 Å². The minimum Gasteiger partial charge on any atom is -0.408 e. The third kappa shape index (κ3) is 4.46. The Kier molecular flexibility index (Phi) is 5.21. The molecule has 3 aromatic rings. The highest BCUT2D eigenvalue weighted by atomic mass is 16.4. The number of aromatic nitrogens is 3. The summed E-state index contributed by atoms with van der Waals surface area (Å²) in [6.07, 6.45) is 4.64. The van der Waals surface area contributed by atoms with Gasteiger partial charge in [-0.15, -0.1) is 5.10 Å². The van der Waals surface area contributed by atoms with Crippen LogP contribution in [0.4, 0.5) is 6.01 Å². The Labute approximate surface area is 153 Å². The number of piperidine rings is 1. The predicted octanol–water partition coefficient (Wildman–Crippen LogP) is 3.13. The lowest BCUT2D eigenvalue weighted by molar-refractivity contribution is 0.208. The summed E-state index contributed by atoms with van der Waals surface area (Å²) < 4.78 is 5.76. The number of pyridine rings is 1. The lowest BCUT2D eigenvalue weighted by atomic mass is 10.1. The van der Waals surface area contributed by atoms with Crippen LogP contribution in [0.25, 0.3) is 0 Å². The molecule has 6 heteroatoms. The van der Waals surface area contributed by atoms with Crippen LogP contribution in [-0.2, 0) is 13.0 Å². The molecule has 0 aliphatic carbocycles. The van der Waals surface area contributed by atoms with Crippen molar-refractivity contribution in [2.24, 2.45) is 0 Å². The fourth-order valence-electron chi connectivity index (χ4n) is 3.28. The predicted molar refractivity (Wildman–Crippen MR) is 99.7 cm³/mol. The van der Waals surface area contributed by atoms with E-state index in [-0.39, 0.29) is 0 Å². The molecule has 0 amide bonds. The van der Waals surface area contributed by atoms with E-state index in [1.165, 1.54) is 5.56 Å². The monoisotopic (exact) mass is 349 g/mol. The highest BCUT2D eigenvalue weighted by Gasteiger charge is 2.21. The fourth-order valence-corrected chi connectivity index (χ4v) is 3.28. The molecule has 1 fully saturated rings. The van der Waals surface area contributed by atoms with Gasteiger partial charge in [0.1, 0.15) is 0 Å². The molecule has 0 unspecified atom stereocenters. The van der Waals surface area contributed by atoms with Crippen LogP contribution in [0.2, 0.25) is 0 Å². The number of hydrogen-bond donors (Lipinski definition) is 1. The highest BCUT2D eigenvalue weighted by Crippen LogP contribution is 2.18. The van der Waals surface area contributed by atoms with E-state index in [1.54, 1.807) is 0 Å². The minimum absolute atomic E-state index is 0.375. The number of hydrogen-bond acceptors (Lipinski definition) is 6. The molecule has 6 nitrogen and oxygen atoms in total. The highest BCUT2D eigenvalue weighted by molar-refractivity contribution is 5.22. The molecule has 26 heavy (non-hydrogen) atoms. The van der Waals surface area contributed by atoms with Crippen molar-refractivity contribution in [1.29, 1.82) is 0 Å². The van der Waals surface area contributed by atoms with E-state index in [1.807, 2.05) is 36.5 Å². The molecule has 0 bridgehead atoms. The second-order valence-corrected chi connectivity index (χ2v) is 6.68. The van der Waals surface area contributed by atoms with Gasteiger partial charge in [-0.2, -0.15) is 0 Å². The van der Waals surface area contributed by atoms with Gasteiger partial charge in [-0.05, 0) is 30.5 Å². The Bertz CT molecular complexity index is 797. The van der Waals surface area contributed by atoms with Crippen LogP contribution in [0.5, 0.6) is 0 Å². The third-order valence-electron chi connectivity index (χ3n) is 4.69. The van der Waals surface area contributed by atoms with Crippen molar-refractivity contribution in [3.05, 3.63) is 71.9 Å². The van der Waals surface area contributed by atoms with Gasteiger partial charge in [0.05, 0.1) is 12.1 Å². The van der Waals surface area contributed by atoms with Crippen LogP contribution in [-0.4, -0.2) is 39.2 Å². The molecule has 0 saturated carbocycles. The van der Waals surface area contributed by atoms with Crippen molar-refractivity contribution in [2.45, 2.75) is 31.8 Å². The quantitative estimate of drug-likeness (QED) is 0.737. The van der Waals surface area contributed by atoms with Gasteiger partial charge in [0.15, 0.2) is 0 Å². The molecule has 1 aliphatic rings. The molecule has 1 saturated heterocycles. The Hall–Kier alpha value is -2.73. The molecule has 0 spiro atoms. The zero-order chi connectivity index (χ0) is 17.6. The fraction of sp³-hybridized carbons (Fsp3) is 0.350. The van der Waals surface area contributed by atoms with Crippen LogP contribution in [0.1, 0.15) is 30.0 Å². The van der Waals surface area contributed by atoms with Crippen molar-refractivity contribution in [3.63, 3.8) is 0 Å². The van der Waals surface area contributed by atoms with Gasteiger partial charge >= 0.3 is 6.01 Å². The maximum atomic E-state index is 5.76. The van der Waals surface area contributed by atoms with E-state index in [4.69, 9.17) is 4.42 Å². The number of nitrogens with zero attached hydrogens (tertiary/aromatic N) is 4. The number of nitrogens with one attached hydrogen (secondary N) is 1. The summed E-state index contributed by atoms with van der Waals surface area (Å²) in [5.74, 6) is 0.645. The van der Waals surface area contributed by atoms with Gasteiger partial charge in [0.2, 0.25) is 5.89 Å². The van der Waals surface area contributed by atoms with Crippen LogP contribution >= 0.6 is 0 Å². The standard InChI is InChI=1S/C20H23N5O/c1-2-6-16(7-3-1)14-19-23-24-20(26-19)22-17-9-12-25(13-10-17)15-18-8-4-5-11-21-18/h1-8,11,17H,9-10,12-15H2,(H,22,24). The smallest absolute Gasteiger partial charge is 0.315 e. The molecule has 1 aromatic carbocycles. The molecule has 2 aromatic heterocycles. The first-order chi connectivity index (χ1) is 12.8. The van der Waals surface area contributed by atoms with Crippen LogP contribution in [0.15, 0.2) is 59.1 Å². The van der Waals surface area contributed by atoms with Crippen molar-refractivity contribution in [1.82, 2.24) is 20.1 Å². The summed E-state index contributed by atoms with van der Waals surface area (Å²) in [5.41, 5.74) is 2.30.